The van der Waals surface area contributed by atoms with Crippen molar-refractivity contribution in [2.75, 3.05) is 30.4 Å². The van der Waals surface area contributed by atoms with Crippen LogP contribution in [0.15, 0.2) is 18.2 Å². The van der Waals surface area contributed by atoms with Crippen molar-refractivity contribution in [3.05, 3.63) is 18.2 Å². The molecular weight excluding hydrogens is 240 g/mol. The van der Waals surface area contributed by atoms with Crippen LogP contribution in [-0.2, 0) is 0 Å². The maximum Gasteiger partial charge on any atom is 0.123 e. The summed E-state index contributed by atoms with van der Waals surface area (Å²) in [5, 5.41) is 9.20. The van der Waals surface area contributed by atoms with Crippen LogP contribution < -0.4 is 15.4 Å². The van der Waals surface area contributed by atoms with Crippen molar-refractivity contribution in [3.63, 3.8) is 0 Å². The van der Waals surface area contributed by atoms with Crippen molar-refractivity contribution in [2.24, 2.45) is 0 Å². The topological polar surface area (TPSA) is 58.7 Å². The largest absolute Gasteiger partial charge is 0.494 e. The smallest absolute Gasteiger partial charge is 0.123 e. The minimum Gasteiger partial charge on any atom is -0.494 e. The molecule has 1 aliphatic rings. The summed E-state index contributed by atoms with van der Waals surface area (Å²) in [6, 6.07) is 6.32. The third-order valence-electron chi connectivity index (χ3n) is 3.65. The van der Waals surface area contributed by atoms with Crippen LogP contribution in [0.4, 0.5) is 11.4 Å². The Kier molecular flexibility index (Phi) is 4.91. The number of piperidine rings is 1. The van der Waals surface area contributed by atoms with E-state index in [1.165, 1.54) is 12.8 Å². The molecule has 1 aromatic carbocycles. The number of aliphatic hydroxyl groups excluding tert-OH is 1. The van der Waals surface area contributed by atoms with Crippen molar-refractivity contribution in [3.8, 4) is 5.75 Å². The van der Waals surface area contributed by atoms with Gasteiger partial charge < -0.3 is 20.5 Å². The maximum atomic E-state index is 9.20. The Labute approximate surface area is 115 Å². The molecule has 1 atom stereocenters. The zero-order valence-corrected chi connectivity index (χ0v) is 11.6. The fourth-order valence-corrected chi connectivity index (χ4v) is 2.81. The highest BCUT2D eigenvalue weighted by Gasteiger charge is 2.22. The molecular formula is C15H24N2O2. The number of hydrogen-bond donors (Lipinski definition) is 2. The second-order valence-electron chi connectivity index (χ2n) is 5.05. The van der Waals surface area contributed by atoms with E-state index in [-0.39, 0.29) is 6.61 Å². The summed E-state index contributed by atoms with van der Waals surface area (Å²) in [5.41, 5.74) is 7.80. The summed E-state index contributed by atoms with van der Waals surface area (Å²) >= 11 is 0. The van der Waals surface area contributed by atoms with Gasteiger partial charge in [-0.25, -0.2) is 0 Å². The number of nitrogens with two attached hydrogens (primary N) is 1. The highest BCUT2D eigenvalue weighted by Crippen LogP contribution is 2.31. The van der Waals surface area contributed by atoms with Crippen molar-refractivity contribution in [1.82, 2.24) is 0 Å². The average molecular weight is 264 g/mol. The van der Waals surface area contributed by atoms with Crippen molar-refractivity contribution in [1.29, 1.82) is 0 Å². The first-order valence-corrected chi connectivity index (χ1v) is 7.15. The van der Waals surface area contributed by atoms with E-state index in [1.807, 2.05) is 19.1 Å². The van der Waals surface area contributed by atoms with Gasteiger partial charge in [0, 0.05) is 42.7 Å². The molecule has 1 heterocycles. The van der Waals surface area contributed by atoms with Gasteiger partial charge in [0.05, 0.1) is 6.61 Å². The summed E-state index contributed by atoms with van der Waals surface area (Å²) in [6.07, 6.45) is 4.39. The number of nitrogen functional groups attached to an aromatic ring is 1. The standard InChI is InChI=1S/C15H24N2O2/c1-2-19-15-10-12(16)9-14(11-15)17-7-4-3-5-13(17)6-8-18/h9-11,13,18H,2-8,16H2,1H3. The van der Waals surface area contributed by atoms with E-state index < -0.39 is 0 Å². The minimum atomic E-state index is 0.238. The van der Waals surface area contributed by atoms with Crippen LogP contribution in [0.5, 0.6) is 5.75 Å². The number of nitrogens with zero attached hydrogens (tertiary/aromatic N) is 1. The second-order valence-corrected chi connectivity index (χ2v) is 5.05. The molecule has 19 heavy (non-hydrogen) atoms. The Balaban J connectivity index is 2.22. The first-order chi connectivity index (χ1) is 9.24. The van der Waals surface area contributed by atoms with E-state index in [1.54, 1.807) is 0 Å². The molecule has 0 aliphatic carbocycles. The van der Waals surface area contributed by atoms with Crippen LogP contribution in [0.3, 0.4) is 0 Å². The molecule has 4 heteroatoms. The second kappa shape index (κ2) is 6.66. The molecule has 106 valence electrons. The molecule has 0 radical (unpaired) electrons. The highest BCUT2D eigenvalue weighted by atomic mass is 16.5. The molecule has 1 saturated heterocycles. The molecule has 1 unspecified atom stereocenters. The Morgan fingerprint density at radius 2 is 2.21 bits per heavy atom. The molecule has 1 fully saturated rings. The number of aliphatic hydroxyl groups is 1. The minimum absolute atomic E-state index is 0.238. The quantitative estimate of drug-likeness (QED) is 0.802. The summed E-state index contributed by atoms with van der Waals surface area (Å²) in [7, 11) is 0. The highest BCUT2D eigenvalue weighted by molar-refractivity contribution is 5.61. The number of hydrogen-bond acceptors (Lipinski definition) is 4. The fourth-order valence-electron chi connectivity index (χ4n) is 2.81. The molecule has 0 spiro atoms. The number of ether oxygens (including phenoxy) is 1. The predicted molar refractivity (Wildman–Crippen MR) is 78.7 cm³/mol. The van der Waals surface area contributed by atoms with Gasteiger partial charge in [0.2, 0.25) is 0 Å². The van der Waals surface area contributed by atoms with Crippen LogP contribution in [0.25, 0.3) is 0 Å². The maximum absolute atomic E-state index is 9.20. The van der Waals surface area contributed by atoms with Gasteiger partial charge in [-0.05, 0) is 38.7 Å². The van der Waals surface area contributed by atoms with Crippen LogP contribution in [0.1, 0.15) is 32.6 Å². The SMILES string of the molecule is CCOc1cc(N)cc(N2CCCCC2CCO)c1. The van der Waals surface area contributed by atoms with Crippen molar-refractivity contribution < 1.29 is 9.84 Å². The number of anilines is 2. The van der Waals surface area contributed by atoms with E-state index in [0.717, 1.165) is 36.5 Å². The number of rotatable bonds is 5. The van der Waals surface area contributed by atoms with Gasteiger partial charge in [-0.1, -0.05) is 0 Å². The number of benzene rings is 1. The lowest BCUT2D eigenvalue weighted by atomic mass is 9.98. The Morgan fingerprint density at radius 1 is 1.37 bits per heavy atom. The molecule has 0 amide bonds. The zero-order chi connectivity index (χ0) is 13.7. The van der Waals surface area contributed by atoms with Gasteiger partial charge in [-0.3, -0.25) is 0 Å². The third-order valence-corrected chi connectivity index (χ3v) is 3.65. The Hall–Kier alpha value is -1.42. The van der Waals surface area contributed by atoms with Gasteiger partial charge >= 0.3 is 0 Å². The summed E-state index contributed by atoms with van der Waals surface area (Å²) in [6.45, 7) is 3.88. The van der Waals surface area contributed by atoms with Crippen molar-refractivity contribution >= 4 is 11.4 Å². The summed E-state index contributed by atoms with van der Waals surface area (Å²) in [4.78, 5) is 2.36. The molecule has 1 aliphatic heterocycles. The molecule has 0 bridgehead atoms. The van der Waals surface area contributed by atoms with Crippen LogP contribution in [0.2, 0.25) is 0 Å². The predicted octanol–water partition coefficient (Wildman–Crippen LogP) is 2.41. The fraction of sp³-hybridized carbons (Fsp3) is 0.600. The molecule has 0 aromatic heterocycles. The molecule has 4 nitrogen and oxygen atoms in total. The average Bonchev–Trinajstić information content (AvgIpc) is 2.39. The monoisotopic (exact) mass is 264 g/mol. The Bertz CT molecular complexity index is 407. The molecule has 2 rings (SSSR count). The van der Waals surface area contributed by atoms with E-state index >= 15 is 0 Å². The zero-order valence-electron chi connectivity index (χ0n) is 11.6. The first-order valence-electron chi connectivity index (χ1n) is 7.15. The third kappa shape index (κ3) is 3.53. The van der Waals surface area contributed by atoms with Crippen LogP contribution >= 0.6 is 0 Å². The Morgan fingerprint density at radius 3 is 2.95 bits per heavy atom. The first kappa shape index (κ1) is 14.0. The van der Waals surface area contributed by atoms with Crippen LogP contribution in [-0.4, -0.2) is 30.9 Å². The normalized spacial score (nSPS) is 19.5. The van der Waals surface area contributed by atoms with E-state index in [4.69, 9.17) is 10.5 Å². The lowest BCUT2D eigenvalue weighted by Gasteiger charge is -2.37. The van der Waals surface area contributed by atoms with E-state index in [0.29, 0.717) is 12.6 Å². The summed E-state index contributed by atoms with van der Waals surface area (Å²) < 4.78 is 5.56. The van der Waals surface area contributed by atoms with Crippen LogP contribution in [0, 0.1) is 0 Å². The van der Waals surface area contributed by atoms with Crippen molar-refractivity contribution in [2.45, 2.75) is 38.6 Å². The van der Waals surface area contributed by atoms with E-state index in [2.05, 4.69) is 11.0 Å². The molecule has 0 saturated carbocycles. The summed E-state index contributed by atoms with van der Waals surface area (Å²) in [5.74, 6) is 0.825. The van der Waals surface area contributed by atoms with E-state index in [9.17, 15) is 5.11 Å². The van der Waals surface area contributed by atoms with Gasteiger partial charge in [-0.2, -0.15) is 0 Å². The molecule has 3 N–H and O–H groups in total. The van der Waals surface area contributed by atoms with Gasteiger partial charge in [0.15, 0.2) is 0 Å². The molecule has 1 aromatic rings. The lowest BCUT2D eigenvalue weighted by molar-refractivity contribution is 0.262. The van der Waals surface area contributed by atoms with Gasteiger partial charge in [-0.15, -0.1) is 0 Å². The van der Waals surface area contributed by atoms with Gasteiger partial charge in [0.1, 0.15) is 5.75 Å². The lowest BCUT2D eigenvalue weighted by Crippen LogP contribution is -2.40. The van der Waals surface area contributed by atoms with Gasteiger partial charge in [0.25, 0.3) is 0 Å².